The minimum Gasteiger partial charge on any atom is -0.484 e. The fourth-order valence-electron chi connectivity index (χ4n) is 3.13. The first-order valence-electron chi connectivity index (χ1n) is 9.78. The summed E-state index contributed by atoms with van der Waals surface area (Å²) in [5.74, 6) is 0.248. The molecule has 29 heavy (non-hydrogen) atoms. The van der Waals surface area contributed by atoms with E-state index >= 15 is 0 Å². The maximum absolute atomic E-state index is 12.4. The summed E-state index contributed by atoms with van der Waals surface area (Å²) >= 11 is 0. The van der Waals surface area contributed by atoms with Crippen LogP contribution in [0, 0.1) is 0 Å². The number of ether oxygens (including phenoxy) is 1. The Kier molecular flexibility index (Phi) is 7.30. The molecule has 0 aromatic heterocycles. The molecule has 3 rings (SSSR count). The lowest BCUT2D eigenvalue weighted by molar-refractivity contribution is -0.123. The summed E-state index contributed by atoms with van der Waals surface area (Å²) in [6, 6.07) is 14.7. The molecule has 0 unspecified atom stereocenters. The third-order valence-electron chi connectivity index (χ3n) is 4.68. The molecule has 0 fully saturated rings. The van der Waals surface area contributed by atoms with Crippen LogP contribution in [0.3, 0.4) is 0 Å². The van der Waals surface area contributed by atoms with Gasteiger partial charge in [-0.3, -0.25) is 9.52 Å². The van der Waals surface area contributed by atoms with Crippen LogP contribution in [0.5, 0.6) is 5.75 Å². The maximum atomic E-state index is 12.4. The Bertz CT molecular complexity index is 939. The number of hydrogen-bond acceptors (Lipinski definition) is 4. The van der Waals surface area contributed by atoms with E-state index in [0.717, 1.165) is 19.3 Å². The van der Waals surface area contributed by atoms with E-state index in [1.165, 1.54) is 30.5 Å². The fraction of sp³-hybridized carbons (Fsp3) is 0.318. The van der Waals surface area contributed by atoms with Gasteiger partial charge in [0.25, 0.3) is 15.9 Å². The highest BCUT2D eigenvalue weighted by atomic mass is 32.2. The smallest absolute Gasteiger partial charge is 0.261 e. The van der Waals surface area contributed by atoms with Gasteiger partial charge in [-0.25, -0.2) is 8.42 Å². The van der Waals surface area contributed by atoms with Crippen molar-refractivity contribution in [2.24, 2.45) is 0 Å². The molecule has 0 radical (unpaired) electrons. The van der Waals surface area contributed by atoms with Crippen molar-refractivity contribution in [2.75, 3.05) is 17.9 Å². The van der Waals surface area contributed by atoms with Crippen molar-refractivity contribution in [1.82, 2.24) is 5.32 Å². The third kappa shape index (κ3) is 6.64. The lowest BCUT2D eigenvalue weighted by Crippen LogP contribution is -2.30. The van der Waals surface area contributed by atoms with Crippen LogP contribution in [0.2, 0.25) is 0 Å². The molecule has 1 aliphatic carbocycles. The molecule has 6 nitrogen and oxygen atoms in total. The Hall–Kier alpha value is -2.80. The number of anilines is 1. The van der Waals surface area contributed by atoms with Crippen molar-refractivity contribution >= 4 is 21.6 Å². The number of carbonyl (C=O) groups excluding carboxylic acids is 1. The number of nitrogens with one attached hydrogen (secondary N) is 2. The molecule has 1 amide bonds. The average molecular weight is 415 g/mol. The SMILES string of the molecule is O=C(COc1ccc(S(=O)(=O)Nc2ccccc2)cc1)NCCC1=CCCCC1. The standard InChI is InChI=1S/C22H26N2O4S/c25-22(23-16-15-18-7-3-1-4-8-18)17-28-20-11-13-21(14-12-20)29(26,27)24-19-9-5-2-6-10-19/h2,5-7,9-14,24H,1,3-4,8,15-17H2,(H,23,25). The highest BCUT2D eigenvalue weighted by molar-refractivity contribution is 7.92. The van der Waals surface area contributed by atoms with Crippen LogP contribution in [0.15, 0.2) is 71.1 Å². The summed E-state index contributed by atoms with van der Waals surface area (Å²) < 4.78 is 32.8. The molecule has 2 aromatic rings. The van der Waals surface area contributed by atoms with Crippen molar-refractivity contribution in [3.8, 4) is 5.75 Å². The molecule has 0 aliphatic heterocycles. The number of amides is 1. The van der Waals surface area contributed by atoms with Crippen LogP contribution in [0.25, 0.3) is 0 Å². The monoisotopic (exact) mass is 414 g/mol. The average Bonchev–Trinajstić information content (AvgIpc) is 2.74. The van der Waals surface area contributed by atoms with Crippen LogP contribution in [0.4, 0.5) is 5.69 Å². The van der Waals surface area contributed by atoms with Gasteiger partial charge in [-0.05, 0) is 68.5 Å². The normalized spacial score (nSPS) is 14.0. The summed E-state index contributed by atoms with van der Waals surface area (Å²) in [6.45, 7) is 0.504. The Labute approximate surface area is 172 Å². The zero-order valence-electron chi connectivity index (χ0n) is 16.3. The molecular formula is C22H26N2O4S. The summed E-state index contributed by atoms with van der Waals surface area (Å²) in [6.07, 6.45) is 7.91. The van der Waals surface area contributed by atoms with E-state index in [2.05, 4.69) is 16.1 Å². The van der Waals surface area contributed by atoms with E-state index < -0.39 is 10.0 Å². The van der Waals surface area contributed by atoms with Gasteiger partial charge >= 0.3 is 0 Å². The molecule has 7 heteroatoms. The Balaban J connectivity index is 1.45. The Morgan fingerprint density at radius 3 is 2.45 bits per heavy atom. The number of carbonyl (C=O) groups is 1. The molecule has 0 bridgehead atoms. The van der Waals surface area contributed by atoms with Gasteiger partial charge in [0.05, 0.1) is 4.90 Å². The number of sulfonamides is 1. The van der Waals surface area contributed by atoms with Crippen LogP contribution in [0.1, 0.15) is 32.1 Å². The molecular weight excluding hydrogens is 388 g/mol. The van der Waals surface area contributed by atoms with Crippen molar-refractivity contribution in [3.63, 3.8) is 0 Å². The minimum absolute atomic E-state index is 0.104. The number of rotatable bonds is 9. The second kappa shape index (κ2) is 10.1. The lowest BCUT2D eigenvalue weighted by Gasteiger charge is -2.13. The molecule has 0 spiro atoms. The van der Waals surface area contributed by atoms with Crippen LogP contribution < -0.4 is 14.8 Å². The number of benzene rings is 2. The van der Waals surface area contributed by atoms with Gasteiger partial charge in [0.2, 0.25) is 0 Å². The molecule has 0 atom stereocenters. The molecule has 2 aromatic carbocycles. The summed E-state index contributed by atoms with van der Waals surface area (Å²) in [5, 5.41) is 2.85. The molecule has 0 saturated heterocycles. The Morgan fingerprint density at radius 2 is 1.76 bits per heavy atom. The van der Waals surface area contributed by atoms with E-state index in [-0.39, 0.29) is 17.4 Å². The maximum Gasteiger partial charge on any atom is 0.261 e. The molecule has 0 heterocycles. The molecule has 2 N–H and O–H groups in total. The third-order valence-corrected chi connectivity index (χ3v) is 6.08. The highest BCUT2D eigenvalue weighted by Gasteiger charge is 2.14. The van der Waals surface area contributed by atoms with E-state index in [1.54, 1.807) is 36.4 Å². The fourth-order valence-corrected chi connectivity index (χ4v) is 4.19. The van der Waals surface area contributed by atoms with E-state index in [9.17, 15) is 13.2 Å². The van der Waals surface area contributed by atoms with Gasteiger partial charge in [-0.15, -0.1) is 0 Å². The number of para-hydroxylation sites is 1. The zero-order valence-corrected chi connectivity index (χ0v) is 17.1. The van der Waals surface area contributed by atoms with Crippen LogP contribution in [-0.2, 0) is 14.8 Å². The molecule has 0 saturated carbocycles. The van der Waals surface area contributed by atoms with Gasteiger partial charge < -0.3 is 10.1 Å². The van der Waals surface area contributed by atoms with E-state index in [4.69, 9.17) is 4.74 Å². The first kappa shape index (κ1) is 20.9. The summed E-state index contributed by atoms with van der Waals surface area (Å²) in [5.41, 5.74) is 1.91. The van der Waals surface area contributed by atoms with Gasteiger partial charge in [0, 0.05) is 12.2 Å². The van der Waals surface area contributed by atoms with Gasteiger partial charge in [0.15, 0.2) is 6.61 Å². The quantitative estimate of drug-likeness (QED) is 0.610. The zero-order chi connectivity index (χ0) is 20.5. The number of hydrogen-bond donors (Lipinski definition) is 2. The number of allylic oxidation sites excluding steroid dienone is 1. The molecule has 154 valence electrons. The predicted molar refractivity (Wildman–Crippen MR) is 113 cm³/mol. The van der Waals surface area contributed by atoms with E-state index in [0.29, 0.717) is 18.0 Å². The minimum atomic E-state index is -3.67. The summed E-state index contributed by atoms with van der Waals surface area (Å²) in [7, 11) is -3.67. The lowest BCUT2D eigenvalue weighted by atomic mass is 9.97. The Morgan fingerprint density at radius 1 is 1.00 bits per heavy atom. The predicted octanol–water partition coefficient (Wildman–Crippen LogP) is 3.87. The van der Waals surface area contributed by atoms with Gasteiger partial charge in [0.1, 0.15) is 5.75 Å². The van der Waals surface area contributed by atoms with Crippen molar-refractivity contribution in [1.29, 1.82) is 0 Å². The van der Waals surface area contributed by atoms with Gasteiger partial charge in [-0.1, -0.05) is 29.8 Å². The second-order valence-electron chi connectivity index (χ2n) is 6.94. The largest absolute Gasteiger partial charge is 0.484 e. The van der Waals surface area contributed by atoms with Crippen molar-refractivity contribution in [2.45, 2.75) is 37.0 Å². The summed E-state index contributed by atoms with van der Waals surface area (Å²) in [4.78, 5) is 12.0. The van der Waals surface area contributed by atoms with Crippen molar-refractivity contribution < 1.29 is 17.9 Å². The highest BCUT2D eigenvalue weighted by Crippen LogP contribution is 2.20. The van der Waals surface area contributed by atoms with E-state index in [1.807, 2.05) is 6.07 Å². The molecule has 1 aliphatic rings. The second-order valence-corrected chi connectivity index (χ2v) is 8.62. The topological polar surface area (TPSA) is 84.5 Å². The van der Waals surface area contributed by atoms with Crippen LogP contribution >= 0.6 is 0 Å². The first-order chi connectivity index (χ1) is 14.0. The first-order valence-corrected chi connectivity index (χ1v) is 11.3. The van der Waals surface area contributed by atoms with Gasteiger partial charge in [-0.2, -0.15) is 0 Å². The van der Waals surface area contributed by atoms with Crippen LogP contribution in [-0.4, -0.2) is 27.5 Å². The van der Waals surface area contributed by atoms with Crippen molar-refractivity contribution in [3.05, 3.63) is 66.2 Å².